The van der Waals surface area contributed by atoms with Gasteiger partial charge in [0.1, 0.15) is 6.04 Å². The van der Waals surface area contributed by atoms with E-state index in [0.717, 1.165) is 23.0 Å². The first-order valence-corrected chi connectivity index (χ1v) is 5.94. The number of hydrogen-bond acceptors (Lipinski definition) is 2. The maximum atomic E-state index is 9.02. The fraction of sp³-hybridized carbons (Fsp3) is 0.364. The molecule has 0 heterocycles. The van der Waals surface area contributed by atoms with Crippen LogP contribution in [-0.2, 0) is 0 Å². The first-order chi connectivity index (χ1) is 7.19. The summed E-state index contributed by atoms with van der Waals surface area (Å²) < 4.78 is 0.920. The van der Waals surface area contributed by atoms with Crippen LogP contribution in [0.3, 0.4) is 0 Å². The molecule has 15 heavy (non-hydrogen) atoms. The predicted molar refractivity (Wildman–Crippen MR) is 65.8 cm³/mol. The molecule has 1 unspecified atom stereocenters. The molecule has 0 saturated carbocycles. The van der Waals surface area contributed by atoms with Crippen molar-refractivity contribution in [2.45, 2.75) is 19.4 Å². The molecule has 0 fully saturated rings. The second-order valence-corrected chi connectivity index (χ2v) is 4.50. The summed E-state index contributed by atoms with van der Waals surface area (Å²) in [6, 6.07) is 7.43. The Morgan fingerprint density at radius 2 is 2.33 bits per heavy atom. The van der Waals surface area contributed by atoms with Crippen LogP contribution in [0.25, 0.3) is 0 Å². The maximum absolute atomic E-state index is 9.02. The second kappa shape index (κ2) is 6.12. The average Bonchev–Trinajstić information content (AvgIpc) is 2.21. The molecule has 1 N–H and O–H groups in total. The monoisotopic (exact) mass is 286 g/mol. The summed E-state index contributed by atoms with van der Waals surface area (Å²) in [6.07, 6.45) is 0.992. The van der Waals surface area contributed by atoms with Crippen LogP contribution < -0.4 is 5.32 Å². The molecule has 1 aromatic carbocycles. The zero-order valence-corrected chi connectivity index (χ0v) is 10.8. The molecule has 0 aliphatic heterocycles. The number of nitrogens with one attached hydrogen (secondary N) is 1. The number of halogens is 2. The summed E-state index contributed by atoms with van der Waals surface area (Å²) in [5, 5.41) is 12.8. The van der Waals surface area contributed by atoms with Crippen LogP contribution in [0.5, 0.6) is 0 Å². The minimum atomic E-state index is -0.328. The molecular formula is C11H12BrClN2. The highest BCUT2D eigenvalue weighted by Crippen LogP contribution is 2.26. The molecule has 0 amide bonds. The molecule has 1 atom stereocenters. The number of hydrogen-bond donors (Lipinski definition) is 1. The number of rotatable bonds is 4. The topological polar surface area (TPSA) is 35.8 Å². The molecule has 0 radical (unpaired) electrons. The van der Waals surface area contributed by atoms with Crippen molar-refractivity contribution in [2.24, 2.45) is 0 Å². The third-order valence-electron chi connectivity index (χ3n) is 2.00. The molecule has 80 valence electrons. The van der Waals surface area contributed by atoms with Gasteiger partial charge in [-0.15, -0.1) is 0 Å². The lowest BCUT2D eigenvalue weighted by Gasteiger charge is -2.12. The van der Waals surface area contributed by atoms with Gasteiger partial charge in [-0.3, -0.25) is 5.32 Å². The zero-order valence-electron chi connectivity index (χ0n) is 8.43. The fourth-order valence-corrected chi connectivity index (χ4v) is 2.03. The van der Waals surface area contributed by atoms with E-state index in [2.05, 4.69) is 34.2 Å². The van der Waals surface area contributed by atoms with Crippen LogP contribution in [0.1, 0.15) is 24.9 Å². The fourth-order valence-electron chi connectivity index (χ4n) is 1.25. The average molecular weight is 288 g/mol. The van der Waals surface area contributed by atoms with Crippen LogP contribution in [-0.4, -0.2) is 6.54 Å². The van der Waals surface area contributed by atoms with Crippen LogP contribution in [0.15, 0.2) is 22.7 Å². The molecule has 1 aromatic rings. The van der Waals surface area contributed by atoms with Gasteiger partial charge in [-0.2, -0.15) is 5.26 Å². The summed E-state index contributed by atoms with van der Waals surface area (Å²) in [5.41, 5.74) is 0.829. The lowest BCUT2D eigenvalue weighted by Crippen LogP contribution is -2.20. The van der Waals surface area contributed by atoms with E-state index in [-0.39, 0.29) is 6.04 Å². The number of nitrogens with zero attached hydrogens (tertiary/aromatic N) is 1. The van der Waals surface area contributed by atoms with Gasteiger partial charge in [0.15, 0.2) is 0 Å². The van der Waals surface area contributed by atoms with Crippen molar-refractivity contribution < 1.29 is 0 Å². The van der Waals surface area contributed by atoms with E-state index in [1.165, 1.54) is 0 Å². The van der Waals surface area contributed by atoms with E-state index < -0.39 is 0 Å². The molecule has 0 saturated heterocycles. The first-order valence-electron chi connectivity index (χ1n) is 4.77. The Labute approximate surface area is 103 Å². The molecule has 0 aromatic heterocycles. The highest BCUT2D eigenvalue weighted by molar-refractivity contribution is 9.10. The molecule has 4 heteroatoms. The van der Waals surface area contributed by atoms with Gasteiger partial charge in [-0.25, -0.2) is 0 Å². The predicted octanol–water partition coefficient (Wildman–Crippen LogP) is 3.67. The third kappa shape index (κ3) is 3.49. The molecule has 2 nitrogen and oxygen atoms in total. The van der Waals surface area contributed by atoms with Gasteiger partial charge >= 0.3 is 0 Å². The Bertz CT molecular complexity index is 373. The van der Waals surface area contributed by atoms with Crippen LogP contribution in [0.2, 0.25) is 5.02 Å². The number of benzene rings is 1. The Morgan fingerprint density at radius 1 is 1.60 bits per heavy atom. The molecule has 0 aliphatic rings. The van der Waals surface area contributed by atoms with Crippen LogP contribution in [0, 0.1) is 11.3 Å². The van der Waals surface area contributed by atoms with E-state index in [0.29, 0.717) is 5.02 Å². The smallest absolute Gasteiger partial charge is 0.122 e. The molecule has 1 rings (SSSR count). The Kier molecular flexibility index (Phi) is 5.10. The summed E-state index contributed by atoms with van der Waals surface area (Å²) in [6.45, 7) is 2.87. The summed E-state index contributed by atoms with van der Waals surface area (Å²) >= 11 is 9.39. The second-order valence-electron chi connectivity index (χ2n) is 3.18. The normalized spacial score (nSPS) is 12.1. The minimum Gasteiger partial charge on any atom is -0.298 e. The lowest BCUT2D eigenvalue weighted by atomic mass is 10.1. The summed E-state index contributed by atoms with van der Waals surface area (Å²) in [4.78, 5) is 0. The van der Waals surface area contributed by atoms with E-state index in [9.17, 15) is 0 Å². The van der Waals surface area contributed by atoms with E-state index in [1.54, 1.807) is 6.07 Å². The van der Waals surface area contributed by atoms with Crippen LogP contribution >= 0.6 is 27.5 Å². The minimum absolute atomic E-state index is 0.328. The Hall–Kier alpha value is -0.560. The largest absolute Gasteiger partial charge is 0.298 e. The van der Waals surface area contributed by atoms with Crippen molar-refractivity contribution in [3.63, 3.8) is 0 Å². The third-order valence-corrected chi connectivity index (χ3v) is 2.82. The van der Waals surface area contributed by atoms with Gasteiger partial charge in [-0.1, -0.05) is 40.5 Å². The highest BCUT2D eigenvalue weighted by Gasteiger charge is 2.12. The molecule has 0 bridgehead atoms. The van der Waals surface area contributed by atoms with Crippen molar-refractivity contribution in [1.82, 2.24) is 5.32 Å². The van der Waals surface area contributed by atoms with Crippen molar-refractivity contribution in [2.75, 3.05) is 6.54 Å². The lowest BCUT2D eigenvalue weighted by molar-refractivity contribution is 0.621. The van der Waals surface area contributed by atoms with Gasteiger partial charge in [-0.05, 0) is 25.1 Å². The van der Waals surface area contributed by atoms with Gasteiger partial charge in [0.25, 0.3) is 0 Å². The van der Waals surface area contributed by atoms with Crippen molar-refractivity contribution in [1.29, 1.82) is 5.26 Å². The van der Waals surface area contributed by atoms with Crippen molar-refractivity contribution >= 4 is 27.5 Å². The molecule has 0 aliphatic carbocycles. The van der Waals surface area contributed by atoms with Crippen LogP contribution in [0.4, 0.5) is 0 Å². The van der Waals surface area contributed by atoms with Gasteiger partial charge in [0.2, 0.25) is 0 Å². The Balaban J connectivity index is 2.88. The van der Waals surface area contributed by atoms with Gasteiger partial charge in [0, 0.05) is 15.1 Å². The first kappa shape index (κ1) is 12.5. The summed E-state index contributed by atoms with van der Waals surface area (Å²) in [5.74, 6) is 0. The maximum Gasteiger partial charge on any atom is 0.122 e. The molecule has 0 spiro atoms. The standard InChI is InChI=1S/C11H12BrClN2/c1-2-5-15-11(7-14)9-4-3-8(12)6-10(9)13/h3-4,6,11,15H,2,5H2,1H3. The van der Waals surface area contributed by atoms with Crippen molar-refractivity contribution in [3.8, 4) is 6.07 Å². The summed E-state index contributed by atoms with van der Waals surface area (Å²) in [7, 11) is 0. The van der Waals surface area contributed by atoms with Gasteiger partial charge in [0.05, 0.1) is 6.07 Å². The van der Waals surface area contributed by atoms with Crippen molar-refractivity contribution in [3.05, 3.63) is 33.3 Å². The van der Waals surface area contributed by atoms with E-state index >= 15 is 0 Å². The molecular weight excluding hydrogens is 275 g/mol. The number of nitriles is 1. The SMILES string of the molecule is CCCNC(C#N)c1ccc(Br)cc1Cl. The van der Waals surface area contributed by atoms with Gasteiger partial charge < -0.3 is 0 Å². The van der Waals surface area contributed by atoms with E-state index in [4.69, 9.17) is 16.9 Å². The zero-order chi connectivity index (χ0) is 11.3. The quantitative estimate of drug-likeness (QED) is 0.917. The Morgan fingerprint density at radius 3 is 2.87 bits per heavy atom. The highest BCUT2D eigenvalue weighted by atomic mass is 79.9. The van der Waals surface area contributed by atoms with E-state index in [1.807, 2.05) is 12.1 Å².